The van der Waals surface area contributed by atoms with Crippen LogP contribution in [0, 0.1) is 18.7 Å². The SMILES string of the molecule is Cc1cccc(F)c1C(=O)N1CCC[C@H](C(=O)Nc2ccc3c(c2)CCC3)C1c1ccc(NC2CCCC2)cc1. The van der Waals surface area contributed by atoms with Crippen molar-refractivity contribution in [2.24, 2.45) is 5.92 Å². The summed E-state index contributed by atoms with van der Waals surface area (Å²) in [5.74, 6) is -1.43. The van der Waals surface area contributed by atoms with Crippen LogP contribution in [-0.2, 0) is 17.6 Å². The number of likely N-dealkylation sites (tertiary alicyclic amines) is 1. The maximum atomic E-state index is 14.9. The standard InChI is InChI=1S/C34H38FN3O2/c1-22-7-4-13-30(35)31(22)34(40)38-20-6-12-29(33(39)37-28-19-14-23-8-5-9-25(23)21-28)32(38)24-15-17-27(18-16-24)36-26-10-2-3-11-26/h4,7,13-19,21,26,29,32,36H,2-3,5-6,8-12,20H2,1H3,(H,37,39)/t29-,32?/m0/s1. The lowest BCUT2D eigenvalue weighted by atomic mass is 9.83. The molecule has 2 aliphatic carbocycles. The van der Waals surface area contributed by atoms with Crippen molar-refractivity contribution in [3.63, 3.8) is 0 Å². The second kappa shape index (κ2) is 11.4. The molecular weight excluding hydrogens is 501 g/mol. The highest BCUT2D eigenvalue weighted by atomic mass is 19.1. The van der Waals surface area contributed by atoms with Crippen molar-refractivity contribution in [1.82, 2.24) is 4.90 Å². The topological polar surface area (TPSA) is 61.4 Å². The summed E-state index contributed by atoms with van der Waals surface area (Å²) < 4.78 is 14.9. The van der Waals surface area contributed by atoms with Gasteiger partial charge in [-0.25, -0.2) is 4.39 Å². The van der Waals surface area contributed by atoms with E-state index in [2.05, 4.69) is 34.9 Å². The van der Waals surface area contributed by atoms with Gasteiger partial charge < -0.3 is 15.5 Å². The van der Waals surface area contributed by atoms with Crippen LogP contribution in [-0.4, -0.2) is 29.3 Å². The molecule has 5 nitrogen and oxygen atoms in total. The minimum atomic E-state index is -0.524. The fraction of sp³-hybridized carbons (Fsp3) is 0.412. The number of nitrogens with zero attached hydrogens (tertiary/aromatic N) is 1. The Bertz CT molecular complexity index is 1380. The summed E-state index contributed by atoms with van der Waals surface area (Å²) in [5, 5.41) is 6.78. The highest BCUT2D eigenvalue weighted by Gasteiger charge is 2.40. The molecule has 1 saturated heterocycles. The van der Waals surface area contributed by atoms with Gasteiger partial charge in [0.25, 0.3) is 5.91 Å². The van der Waals surface area contributed by atoms with Crippen molar-refractivity contribution in [2.45, 2.75) is 76.8 Å². The van der Waals surface area contributed by atoms with Gasteiger partial charge in [0.15, 0.2) is 0 Å². The van der Waals surface area contributed by atoms with E-state index in [1.807, 2.05) is 18.2 Å². The van der Waals surface area contributed by atoms with E-state index in [1.165, 1.54) is 42.9 Å². The minimum Gasteiger partial charge on any atom is -0.382 e. The summed E-state index contributed by atoms with van der Waals surface area (Å²) in [4.78, 5) is 29.5. The molecule has 1 saturated carbocycles. The summed E-state index contributed by atoms with van der Waals surface area (Å²) >= 11 is 0. The molecule has 208 valence electrons. The summed E-state index contributed by atoms with van der Waals surface area (Å²) in [6.45, 7) is 2.23. The number of fused-ring (bicyclic) bond motifs is 1. The van der Waals surface area contributed by atoms with E-state index >= 15 is 0 Å². The first-order chi connectivity index (χ1) is 19.5. The van der Waals surface area contributed by atoms with Gasteiger partial charge in [-0.1, -0.05) is 43.2 Å². The lowest BCUT2D eigenvalue weighted by Gasteiger charge is -2.41. The number of hydrogen-bond donors (Lipinski definition) is 2. The number of anilines is 2. The zero-order chi connectivity index (χ0) is 27.6. The van der Waals surface area contributed by atoms with Crippen LogP contribution < -0.4 is 10.6 Å². The summed E-state index contributed by atoms with van der Waals surface area (Å²) in [7, 11) is 0. The van der Waals surface area contributed by atoms with Crippen LogP contribution in [0.25, 0.3) is 0 Å². The number of nitrogens with one attached hydrogen (secondary N) is 2. The van der Waals surface area contributed by atoms with Crippen LogP contribution in [0.5, 0.6) is 0 Å². The predicted molar refractivity (Wildman–Crippen MR) is 157 cm³/mol. The molecule has 0 bridgehead atoms. The van der Waals surface area contributed by atoms with Gasteiger partial charge in [-0.05, 0) is 104 Å². The third kappa shape index (κ3) is 5.36. The van der Waals surface area contributed by atoms with Crippen LogP contribution in [0.2, 0.25) is 0 Å². The first kappa shape index (κ1) is 26.5. The lowest BCUT2D eigenvalue weighted by Crippen LogP contribution is -2.46. The van der Waals surface area contributed by atoms with E-state index in [-0.39, 0.29) is 17.4 Å². The largest absolute Gasteiger partial charge is 0.382 e. The highest BCUT2D eigenvalue weighted by molar-refractivity contribution is 5.98. The molecule has 2 amide bonds. The van der Waals surface area contributed by atoms with Gasteiger partial charge in [-0.2, -0.15) is 0 Å². The summed E-state index contributed by atoms with van der Waals surface area (Å²) in [6.07, 6.45) is 9.48. The Morgan fingerprint density at radius 2 is 1.60 bits per heavy atom. The monoisotopic (exact) mass is 539 g/mol. The number of benzene rings is 3. The lowest BCUT2D eigenvalue weighted by molar-refractivity contribution is -0.123. The van der Waals surface area contributed by atoms with Crippen LogP contribution in [0.3, 0.4) is 0 Å². The van der Waals surface area contributed by atoms with Gasteiger partial charge in [-0.3, -0.25) is 9.59 Å². The Balaban J connectivity index is 1.31. The molecule has 2 atom stereocenters. The summed E-state index contributed by atoms with van der Waals surface area (Å²) in [6, 6.07) is 19.1. The van der Waals surface area contributed by atoms with Crippen molar-refractivity contribution in [2.75, 3.05) is 17.2 Å². The average Bonchev–Trinajstić information content (AvgIpc) is 3.65. The minimum absolute atomic E-state index is 0.0895. The van der Waals surface area contributed by atoms with Gasteiger partial charge in [-0.15, -0.1) is 0 Å². The van der Waals surface area contributed by atoms with Gasteiger partial charge >= 0.3 is 0 Å². The number of rotatable bonds is 6. The average molecular weight is 540 g/mol. The highest BCUT2D eigenvalue weighted by Crippen LogP contribution is 2.39. The van der Waals surface area contributed by atoms with Crippen molar-refractivity contribution in [3.05, 3.63) is 94.3 Å². The van der Waals surface area contributed by atoms with Crippen LogP contribution in [0.15, 0.2) is 60.7 Å². The van der Waals surface area contributed by atoms with Gasteiger partial charge in [0.05, 0.1) is 17.5 Å². The predicted octanol–water partition coefficient (Wildman–Crippen LogP) is 7.21. The Hall–Kier alpha value is -3.67. The maximum absolute atomic E-state index is 14.9. The van der Waals surface area contributed by atoms with Crippen molar-refractivity contribution >= 4 is 23.2 Å². The number of carbonyl (C=O) groups is 2. The molecule has 3 aromatic carbocycles. The zero-order valence-electron chi connectivity index (χ0n) is 23.2. The Morgan fingerprint density at radius 3 is 2.38 bits per heavy atom. The van der Waals surface area contributed by atoms with Crippen LogP contribution >= 0.6 is 0 Å². The second-order valence-electron chi connectivity index (χ2n) is 11.7. The van der Waals surface area contributed by atoms with E-state index < -0.39 is 17.8 Å². The molecular formula is C34H38FN3O2. The number of halogens is 1. The molecule has 0 radical (unpaired) electrons. The zero-order valence-corrected chi connectivity index (χ0v) is 23.2. The van der Waals surface area contributed by atoms with Gasteiger partial charge in [0.1, 0.15) is 5.82 Å². The second-order valence-corrected chi connectivity index (χ2v) is 11.7. The van der Waals surface area contributed by atoms with Crippen molar-refractivity contribution < 1.29 is 14.0 Å². The third-order valence-electron chi connectivity index (χ3n) is 9.01. The Morgan fingerprint density at radius 1 is 0.850 bits per heavy atom. The van der Waals surface area contributed by atoms with Crippen LogP contribution in [0.4, 0.5) is 15.8 Å². The molecule has 1 aliphatic heterocycles. The molecule has 0 spiro atoms. The number of hydrogen-bond acceptors (Lipinski definition) is 3. The van der Waals surface area contributed by atoms with Crippen molar-refractivity contribution in [1.29, 1.82) is 0 Å². The van der Waals surface area contributed by atoms with Gasteiger partial charge in [0, 0.05) is 24.0 Å². The van der Waals surface area contributed by atoms with Crippen molar-refractivity contribution in [3.8, 4) is 0 Å². The number of aryl methyl sites for hydroxylation is 3. The van der Waals surface area contributed by atoms with Gasteiger partial charge in [0.2, 0.25) is 5.91 Å². The molecule has 6 heteroatoms. The molecule has 0 aromatic heterocycles. The number of carbonyl (C=O) groups excluding carboxylic acids is 2. The molecule has 3 aromatic rings. The van der Waals surface area contributed by atoms with E-state index in [0.717, 1.165) is 36.2 Å². The van der Waals surface area contributed by atoms with E-state index in [0.29, 0.717) is 31.0 Å². The first-order valence-electron chi connectivity index (χ1n) is 14.8. The maximum Gasteiger partial charge on any atom is 0.257 e. The quantitative estimate of drug-likeness (QED) is 0.348. The molecule has 3 aliphatic rings. The molecule has 2 fully saturated rings. The fourth-order valence-electron chi connectivity index (χ4n) is 6.92. The van der Waals surface area contributed by atoms with E-state index in [1.54, 1.807) is 24.0 Å². The molecule has 2 N–H and O–H groups in total. The summed E-state index contributed by atoms with van der Waals surface area (Å²) in [5.41, 5.74) is 6.10. The molecule has 6 rings (SSSR count). The smallest absolute Gasteiger partial charge is 0.257 e. The van der Waals surface area contributed by atoms with Crippen LogP contribution in [0.1, 0.15) is 83.6 Å². The van der Waals surface area contributed by atoms with E-state index in [4.69, 9.17) is 0 Å². The first-order valence-corrected chi connectivity index (χ1v) is 14.8. The Labute approximate surface area is 236 Å². The molecule has 1 unspecified atom stereocenters. The molecule has 1 heterocycles. The van der Waals surface area contributed by atoms with E-state index in [9.17, 15) is 14.0 Å². The number of amides is 2. The molecule has 40 heavy (non-hydrogen) atoms. The third-order valence-corrected chi connectivity index (χ3v) is 9.01. The Kier molecular flexibility index (Phi) is 7.59. The fourth-order valence-corrected chi connectivity index (χ4v) is 6.92. The number of piperidine rings is 1. The normalized spacial score (nSPS) is 20.8.